The maximum atomic E-state index is 5.56. The molecule has 0 N–H and O–H groups in total. The van der Waals surface area contributed by atoms with Gasteiger partial charge in [-0.05, 0) is 79.4 Å². The van der Waals surface area contributed by atoms with Gasteiger partial charge in [-0.1, -0.05) is 0 Å². The molecular formula is C23H26O4S. The van der Waals surface area contributed by atoms with Gasteiger partial charge in [0.05, 0.1) is 27.9 Å². The van der Waals surface area contributed by atoms with Crippen molar-refractivity contribution < 1.29 is 18.9 Å². The van der Waals surface area contributed by atoms with Crippen molar-refractivity contribution in [2.24, 2.45) is 0 Å². The summed E-state index contributed by atoms with van der Waals surface area (Å²) in [5.74, 6) is 2.81. The van der Waals surface area contributed by atoms with Crippen LogP contribution >= 0.6 is 11.3 Å². The van der Waals surface area contributed by atoms with Crippen molar-refractivity contribution in [2.45, 2.75) is 20.8 Å². The Balaban J connectivity index is 2.08. The van der Waals surface area contributed by atoms with E-state index in [1.54, 1.807) is 32.7 Å². The van der Waals surface area contributed by atoms with E-state index >= 15 is 0 Å². The van der Waals surface area contributed by atoms with Crippen molar-refractivity contribution >= 4 is 11.3 Å². The fourth-order valence-electron chi connectivity index (χ4n) is 3.23. The van der Waals surface area contributed by atoms with Gasteiger partial charge < -0.3 is 18.9 Å². The Morgan fingerprint density at radius 2 is 1.29 bits per heavy atom. The first kappa shape index (κ1) is 20.1. The van der Waals surface area contributed by atoms with Crippen LogP contribution in [0.5, 0.6) is 23.0 Å². The summed E-state index contributed by atoms with van der Waals surface area (Å²) >= 11 is 1.77. The van der Waals surface area contributed by atoms with Gasteiger partial charge in [0.2, 0.25) is 5.75 Å². The van der Waals surface area contributed by atoms with Gasteiger partial charge in [0.15, 0.2) is 11.5 Å². The molecule has 5 heteroatoms. The number of methoxy groups -OCH3 is 3. The van der Waals surface area contributed by atoms with E-state index in [-0.39, 0.29) is 0 Å². The molecule has 3 rings (SSSR count). The van der Waals surface area contributed by atoms with Gasteiger partial charge in [-0.2, -0.15) is 0 Å². The van der Waals surface area contributed by atoms with Gasteiger partial charge in [0, 0.05) is 9.75 Å². The van der Waals surface area contributed by atoms with E-state index in [4.69, 9.17) is 18.9 Å². The summed E-state index contributed by atoms with van der Waals surface area (Å²) < 4.78 is 22.1. The molecule has 3 aromatic rings. The highest BCUT2D eigenvalue weighted by Gasteiger charge is 2.19. The molecule has 1 heterocycles. The molecule has 0 atom stereocenters. The van der Waals surface area contributed by atoms with Crippen LogP contribution in [0.2, 0.25) is 0 Å². The number of hydrogen-bond acceptors (Lipinski definition) is 5. The van der Waals surface area contributed by atoms with Crippen LogP contribution in [0.3, 0.4) is 0 Å². The molecule has 0 bridgehead atoms. The molecule has 0 fully saturated rings. The second-order valence-corrected chi connectivity index (χ2v) is 7.40. The first-order valence-corrected chi connectivity index (χ1v) is 9.99. The van der Waals surface area contributed by atoms with Gasteiger partial charge in [-0.15, -0.1) is 11.3 Å². The van der Waals surface area contributed by atoms with Crippen molar-refractivity contribution in [1.82, 2.24) is 0 Å². The standard InChI is InChI=1S/C23H26O4S/c1-7-27-18-10-8-16(9-11-18)22-14(2)15(3)23(28-22)17-12-19(24-4)21(26-6)20(13-17)25-5/h8-13H,7H2,1-6H3. The third kappa shape index (κ3) is 3.67. The predicted octanol–water partition coefficient (Wildman–Crippen LogP) is 6.12. The molecule has 0 amide bonds. The maximum absolute atomic E-state index is 5.56. The molecule has 0 aliphatic heterocycles. The second kappa shape index (κ2) is 8.57. The Bertz CT molecular complexity index is 932. The van der Waals surface area contributed by atoms with Crippen LogP contribution in [0.4, 0.5) is 0 Å². The minimum atomic E-state index is 0.603. The Morgan fingerprint density at radius 1 is 0.750 bits per heavy atom. The molecule has 0 unspecified atom stereocenters. The SMILES string of the molecule is CCOc1ccc(-c2sc(-c3cc(OC)c(OC)c(OC)c3)c(C)c2C)cc1. The molecular weight excluding hydrogens is 372 g/mol. The van der Waals surface area contributed by atoms with Gasteiger partial charge >= 0.3 is 0 Å². The van der Waals surface area contributed by atoms with Gasteiger partial charge in [-0.3, -0.25) is 0 Å². The fourth-order valence-corrected chi connectivity index (χ4v) is 4.53. The van der Waals surface area contributed by atoms with E-state index in [9.17, 15) is 0 Å². The number of hydrogen-bond donors (Lipinski definition) is 0. The Hall–Kier alpha value is -2.66. The summed E-state index contributed by atoms with van der Waals surface area (Å²) in [5.41, 5.74) is 4.77. The highest BCUT2D eigenvalue weighted by Crippen LogP contribution is 2.46. The molecule has 4 nitrogen and oxygen atoms in total. The molecule has 0 aliphatic carbocycles. The van der Waals surface area contributed by atoms with E-state index < -0.39 is 0 Å². The molecule has 0 spiro atoms. The third-order valence-electron chi connectivity index (χ3n) is 4.80. The number of benzene rings is 2. The summed E-state index contributed by atoms with van der Waals surface area (Å²) in [6.07, 6.45) is 0. The number of rotatable bonds is 7. The van der Waals surface area contributed by atoms with E-state index in [2.05, 4.69) is 26.0 Å². The van der Waals surface area contributed by atoms with Crippen molar-refractivity contribution in [3.05, 3.63) is 47.5 Å². The molecule has 28 heavy (non-hydrogen) atoms. The van der Waals surface area contributed by atoms with Gasteiger partial charge in [0.25, 0.3) is 0 Å². The number of ether oxygens (including phenoxy) is 4. The minimum Gasteiger partial charge on any atom is -0.494 e. The molecule has 0 saturated heterocycles. The lowest BCUT2D eigenvalue weighted by Gasteiger charge is -2.14. The van der Waals surface area contributed by atoms with E-state index in [0.29, 0.717) is 23.9 Å². The number of thiophene rings is 1. The average Bonchev–Trinajstić information content (AvgIpc) is 3.02. The Morgan fingerprint density at radius 3 is 1.75 bits per heavy atom. The van der Waals surface area contributed by atoms with Gasteiger partial charge in [0.1, 0.15) is 5.75 Å². The third-order valence-corrected chi connectivity index (χ3v) is 6.29. The first-order chi connectivity index (χ1) is 13.5. The summed E-state index contributed by atoms with van der Waals surface area (Å²) in [5, 5.41) is 0. The summed E-state index contributed by atoms with van der Waals surface area (Å²) in [7, 11) is 4.89. The minimum absolute atomic E-state index is 0.603. The van der Waals surface area contributed by atoms with E-state index in [1.165, 1.54) is 26.4 Å². The zero-order chi connectivity index (χ0) is 20.3. The Kier molecular flexibility index (Phi) is 6.15. The predicted molar refractivity (Wildman–Crippen MR) is 115 cm³/mol. The molecule has 0 aliphatic rings. The van der Waals surface area contributed by atoms with E-state index in [1.807, 2.05) is 31.2 Å². The summed E-state index contributed by atoms with van der Waals surface area (Å²) in [4.78, 5) is 2.45. The van der Waals surface area contributed by atoms with E-state index in [0.717, 1.165) is 11.3 Å². The molecule has 1 aromatic heterocycles. The topological polar surface area (TPSA) is 36.9 Å². The fraction of sp³-hybridized carbons (Fsp3) is 0.304. The smallest absolute Gasteiger partial charge is 0.203 e. The second-order valence-electron chi connectivity index (χ2n) is 6.38. The Labute approximate surface area is 170 Å². The van der Waals surface area contributed by atoms with Crippen molar-refractivity contribution in [2.75, 3.05) is 27.9 Å². The molecule has 2 aromatic carbocycles. The lowest BCUT2D eigenvalue weighted by atomic mass is 10.0. The molecule has 0 radical (unpaired) electrons. The highest BCUT2D eigenvalue weighted by atomic mass is 32.1. The average molecular weight is 399 g/mol. The lowest BCUT2D eigenvalue weighted by molar-refractivity contribution is 0.324. The van der Waals surface area contributed by atoms with Crippen LogP contribution in [0.15, 0.2) is 36.4 Å². The molecule has 0 saturated carbocycles. The van der Waals surface area contributed by atoms with Crippen LogP contribution in [-0.4, -0.2) is 27.9 Å². The maximum Gasteiger partial charge on any atom is 0.203 e. The van der Waals surface area contributed by atoms with Crippen molar-refractivity contribution in [3.63, 3.8) is 0 Å². The van der Waals surface area contributed by atoms with Crippen LogP contribution in [0.25, 0.3) is 20.9 Å². The van der Waals surface area contributed by atoms with Crippen LogP contribution in [0, 0.1) is 13.8 Å². The highest BCUT2D eigenvalue weighted by molar-refractivity contribution is 7.19. The van der Waals surface area contributed by atoms with Crippen LogP contribution in [-0.2, 0) is 0 Å². The zero-order valence-corrected chi connectivity index (χ0v) is 18.0. The van der Waals surface area contributed by atoms with Crippen LogP contribution in [0.1, 0.15) is 18.1 Å². The summed E-state index contributed by atoms with van der Waals surface area (Å²) in [6, 6.07) is 12.3. The van der Waals surface area contributed by atoms with Gasteiger partial charge in [-0.25, -0.2) is 0 Å². The normalized spacial score (nSPS) is 10.6. The van der Waals surface area contributed by atoms with Crippen molar-refractivity contribution in [1.29, 1.82) is 0 Å². The van der Waals surface area contributed by atoms with Crippen molar-refractivity contribution in [3.8, 4) is 43.9 Å². The zero-order valence-electron chi connectivity index (χ0n) is 17.2. The first-order valence-electron chi connectivity index (χ1n) is 9.17. The lowest BCUT2D eigenvalue weighted by Crippen LogP contribution is -1.95. The molecule has 148 valence electrons. The summed E-state index contributed by atoms with van der Waals surface area (Å²) in [6.45, 7) is 6.98. The quantitative estimate of drug-likeness (QED) is 0.480. The van der Waals surface area contributed by atoms with Crippen LogP contribution < -0.4 is 18.9 Å². The largest absolute Gasteiger partial charge is 0.494 e. The monoisotopic (exact) mass is 398 g/mol.